The molecule has 0 aromatic rings. The van der Waals surface area contributed by atoms with Gasteiger partial charge in [0.1, 0.15) is 5.60 Å². The molecule has 0 spiro atoms. The van der Waals surface area contributed by atoms with Gasteiger partial charge in [0.15, 0.2) is 4.08 Å². The van der Waals surface area contributed by atoms with E-state index < -0.39 is 16.4 Å². The van der Waals surface area contributed by atoms with E-state index >= 15 is 0 Å². The van der Waals surface area contributed by atoms with Crippen molar-refractivity contribution in [3.63, 3.8) is 0 Å². The van der Waals surface area contributed by atoms with Crippen molar-refractivity contribution in [3.8, 4) is 0 Å². The Balaban J connectivity index is 2.68. The maximum atomic E-state index is 12.4. The molecule has 0 aliphatic carbocycles. The van der Waals surface area contributed by atoms with Crippen LogP contribution < -0.4 is 0 Å². The Kier molecular flexibility index (Phi) is 4.35. The number of thioether (sulfide) groups is 2. The van der Waals surface area contributed by atoms with Crippen molar-refractivity contribution in [2.24, 2.45) is 0 Å². The molecule has 0 radical (unpaired) electrons. The van der Waals surface area contributed by atoms with Crippen LogP contribution in [0.3, 0.4) is 0 Å². The first-order chi connectivity index (χ1) is 6.90. The monoisotopic (exact) mass is 252 g/mol. The summed E-state index contributed by atoms with van der Waals surface area (Å²) in [6.07, 6.45) is 0.247. The lowest BCUT2D eigenvalue weighted by molar-refractivity contribution is -0.155. The van der Waals surface area contributed by atoms with Crippen LogP contribution in [0.5, 0.6) is 0 Å². The molecule has 0 atom stereocenters. The van der Waals surface area contributed by atoms with Gasteiger partial charge in [0.25, 0.3) is 0 Å². The summed E-state index contributed by atoms with van der Waals surface area (Å²) in [6.45, 7) is 5.02. The van der Waals surface area contributed by atoms with Crippen molar-refractivity contribution in [2.75, 3.05) is 18.2 Å². The highest BCUT2D eigenvalue weighted by Crippen LogP contribution is 2.47. The third-order valence-electron chi connectivity index (χ3n) is 1.89. The summed E-state index contributed by atoms with van der Waals surface area (Å²) in [4.78, 5) is 11.9. The van der Waals surface area contributed by atoms with Gasteiger partial charge in [-0.15, -0.1) is 23.5 Å². The van der Waals surface area contributed by atoms with E-state index in [4.69, 9.17) is 4.74 Å². The summed E-state index contributed by atoms with van der Waals surface area (Å²) >= 11 is 3.02. The molecule has 0 bridgehead atoms. The Labute approximate surface area is 98.7 Å². The molecule has 1 rings (SSSR count). The quantitative estimate of drug-likeness (QED) is 0.722. The summed E-state index contributed by atoms with van der Waals surface area (Å²) in [5.41, 5.74) is -0.496. The Morgan fingerprint density at radius 3 is 2.33 bits per heavy atom. The maximum absolute atomic E-state index is 12.4. The van der Waals surface area contributed by atoms with Crippen LogP contribution in [0, 0.1) is 0 Å². The fourth-order valence-electron chi connectivity index (χ4n) is 1.30. The number of esters is 1. The van der Waals surface area contributed by atoms with Crippen molar-refractivity contribution in [3.05, 3.63) is 0 Å². The molecule has 1 aliphatic heterocycles. The third-order valence-corrected chi connectivity index (χ3v) is 5.34. The van der Waals surface area contributed by atoms with Gasteiger partial charge in [0.2, 0.25) is 0 Å². The lowest BCUT2D eigenvalue weighted by Crippen LogP contribution is -2.37. The third kappa shape index (κ3) is 3.55. The number of hydrogen-bond donors (Lipinski definition) is 0. The predicted molar refractivity (Wildman–Crippen MR) is 64.1 cm³/mol. The molecule has 0 saturated carbocycles. The zero-order valence-electron chi connectivity index (χ0n) is 9.34. The van der Waals surface area contributed by atoms with E-state index in [-0.39, 0.29) is 12.4 Å². The van der Waals surface area contributed by atoms with Crippen molar-refractivity contribution >= 4 is 29.5 Å². The van der Waals surface area contributed by atoms with Crippen LogP contribution in [0.15, 0.2) is 0 Å². The zero-order valence-corrected chi connectivity index (χ0v) is 11.0. The number of ether oxygens (including phenoxy) is 1. The molecule has 2 nitrogen and oxygen atoms in total. The molecule has 88 valence electrons. The Hall–Kier alpha value is 0.1000. The van der Waals surface area contributed by atoms with Gasteiger partial charge in [-0.2, -0.15) is 0 Å². The van der Waals surface area contributed by atoms with E-state index in [0.29, 0.717) is 0 Å². The van der Waals surface area contributed by atoms with Crippen LogP contribution in [-0.4, -0.2) is 33.8 Å². The summed E-state index contributed by atoms with van der Waals surface area (Å²) in [6, 6.07) is 0. The van der Waals surface area contributed by atoms with Crippen LogP contribution in [0.2, 0.25) is 0 Å². The number of carbonyl (C=O) groups is 1. The highest BCUT2D eigenvalue weighted by molar-refractivity contribution is 8.22. The number of halogens is 1. The fourth-order valence-corrected chi connectivity index (χ4v) is 4.22. The smallest absolute Gasteiger partial charge is 0.333 e. The van der Waals surface area contributed by atoms with E-state index in [1.54, 1.807) is 0 Å². The molecule has 0 aromatic heterocycles. The molecule has 0 N–H and O–H groups in total. The van der Waals surface area contributed by atoms with E-state index in [9.17, 15) is 9.18 Å². The normalized spacial score (nSPS) is 20.3. The second kappa shape index (κ2) is 4.95. The van der Waals surface area contributed by atoms with Crippen LogP contribution >= 0.6 is 23.5 Å². The highest BCUT2D eigenvalue weighted by atomic mass is 32.2. The molecule has 0 aromatic carbocycles. The van der Waals surface area contributed by atoms with Crippen molar-refractivity contribution in [1.29, 1.82) is 0 Å². The van der Waals surface area contributed by atoms with Gasteiger partial charge in [-0.3, -0.25) is 4.39 Å². The van der Waals surface area contributed by atoms with Gasteiger partial charge in [0.05, 0.1) is 6.67 Å². The van der Waals surface area contributed by atoms with Gasteiger partial charge in [-0.1, -0.05) is 0 Å². The van der Waals surface area contributed by atoms with Crippen LogP contribution in [0.25, 0.3) is 0 Å². The highest BCUT2D eigenvalue weighted by Gasteiger charge is 2.45. The molecule has 15 heavy (non-hydrogen) atoms. The lowest BCUT2D eigenvalue weighted by Gasteiger charge is -2.29. The molecular formula is C10H17FO2S2. The minimum atomic E-state index is -0.692. The topological polar surface area (TPSA) is 26.3 Å². The summed E-state index contributed by atoms with van der Waals surface area (Å²) in [5.74, 6) is 1.51. The van der Waals surface area contributed by atoms with Crippen LogP contribution in [0.4, 0.5) is 4.39 Å². The number of hydrogen-bond acceptors (Lipinski definition) is 4. The first-order valence-electron chi connectivity index (χ1n) is 4.97. The van der Waals surface area contributed by atoms with Gasteiger partial charge in [-0.05, 0) is 20.8 Å². The average Bonchev–Trinajstić information content (AvgIpc) is 2.51. The average molecular weight is 252 g/mol. The van der Waals surface area contributed by atoms with E-state index in [0.717, 1.165) is 11.5 Å². The van der Waals surface area contributed by atoms with Gasteiger partial charge in [0, 0.05) is 17.9 Å². The summed E-state index contributed by atoms with van der Waals surface area (Å²) < 4.78 is 17.1. The summed E-state index contributed by atoms with van der Waals surface area (Å²) in [5, 5.41) is 0. The maximum Gasteiger partial charge on any atom is 0.333 e. The Bertz CT molecular complexity index is 232. The van der Waals surface area contributed by atoms with E-state index in [1.807, 2.05) is 20.8 Å². The van der Waals surface area contributed by atoms with Crippen molar-refractivity contribution in [1.82, 2.24) is 0 Å². The molecule has 0 unspecified atom stereocenters. The van der Waals surface area contributed by atoms with Gasteiger partial charge < -0.3 is 4.74 Å². The SMILES string of the molecule is CC(C)(C)OC(=O)C1(CCF)SCCS1. The molecule has 0 amide bonds. The second-order valence-electron chi connectivity index (χ2n) is 4.39. The first-order valence-corrected chi connectivity index (χ1v) is 6.94. The minimum absolute atomic E-state index is 0.247. The number of carbonyl (C=O) groups excluding carboxylic acids is 1. The van der Waals surface area contributed by atoms with E-state index in [1.165, 1.54) is 23.5 Å². The van der Waals surface area contributed by atoms with Crippen molar-refractivity contribution < 1.29 is 13.9 Å². The molecule has 1 heterocycles. The van der Waals surface area contributed by atoms with Crippen LogP contribution in [0.1, 0.15) is 27.2 Å². The van der Waals surface area contributed by atoms with Crippen LogP contribution in [-0.2, 0) is 9.53 Å². The van der Waals surface area contributed by atoms with E-state index in [2.05, 4.69) is 0 Å². The Morgan fingerprint density at radius 2 is 1.93 bits per heavy atom. The van der Waals surface area contributed by atoms with Gasteiger partial charge in [-0.25, -0.2) is 4.79 Å². The standard InChI is InChI=1S/C10H17FO2S2/c1-9(2,3)13-8(12)10(4-5-11)14-6-7-15-10/h4-7H2,1-3H3. The molecule has 1 saturated heterocycles. The molecule has 1 fully saturated rings. The number of alkyl halides is 1. The Morgan fingerprint density at radius 1 is 1.40 bits per heavy atom. The molecular weight excluding hydrogens is 235 g/mol. The predicted octanol–water partition coefficient (Wildman–Crippen LogP) is 2.86. The zero-order chi connectivity index (χ0) is 11.5. The number of rotatable bonds is 3. The molecule has 1 aliphatic rings. The largest absolute Gasteiger partial charge is 0.458 e. The first kappa shape index (κ1) is 13.2. The molecule has 5 heteroatoms. The fraction of sp³-hybridized carbons (Fsp3) is 0.900. The lowest BCUT2D eigenvalue weighted by atomic mass is 10.2. The minimum Gasteiger partial charge on any atom is -0.458 e. The summed E-state index contributed by atoms with van der Waals surface area (Å²) in [7, 11) is 0. The van der Waals surface area contributed by atoms with Gasteiger partial charge >= 0.3 is 5.97 Å². The second-order valence-corrected chi connectivity index (χ2v) is 7.44. The van der Waals surface area contributed by atoms with Crippen molar-refractivity contribution in [2.45, 2.75) is 36.9 Å².